The Morgan fingerprint density at radius 1 is 1.00 bits per heavy atom. The van der Waals surface area contributed by atoms with Crippen LogP contribution in [0.1, 0.15) is 47.7 Å². The molecule has 1 atom stereocenters. The lowest BCUT2D eigenvalue weighted by Gasteiger charge is -2.32. The van der Waals surface area contributed by atoms with Crippen LogP contribution >= 0.6 is 23.1 Å². The zero-order valence-electron chi connectivity index (χ0n) is 33.7. The SMILES string of the molecule is COc1ccc(F)cc1-c1nccc(COc2ccccc2C[C@@H](Oc2nsc3cnc(C4CCC4)c(-c4ccc(OCCN5CCN(C)CC5)c(Cl)c4C)c23)C(=O)O)n1. The molecule has 1 saturated carbocycles. The Kier molecular flexibility index (Phi) is 12.7. The molecule has 2 fully saturated rings. The van der Waals surface area contributed by atoms with Gasteiger partial charge in [0.2, 0.25) is 12.0 Å². The van der Waals surface area contributed by atoms with Gasteiger partial charge in [-0.2, -0.15) is 4.37 Å². The Hall–Kier alpha value is -5.41. The molecule has 1 aliphatic heterocycles. The van der Waals surface area contributed by atoms with Crippen molar-refractivity contribution in [3.05, 3.63) is 106 Å². The molecule has 0 spiro atoms. The number of carboxylic acid groups (broad SMARTS) is 1. The third-order valence-corrected chi connectivity index (χ3v) is 12.5. The smallest absolute Gasteiger partial charge is 0.345 e. The molecule has 1 saturated heterocycles. The summed E-state index contributed by atoms with van der Waals surface area (Å²) in [5.74, 6) is 0.682. The third kappa shape index (κ3) is 9.02. The van der Waals surface area contributed by atoms with E-state index in [0.717, 1.165) is 79.1 Å². The van der Waals surface area contributed by atoms with Gasteiger partial charge in [-0.15, -0.1) is 0 Å². The minimum Gasteiger partial charge on any atom is -0.496 e. The van der Waals surface area contributed by atoms with E-state index in [0.29, 0.717) is 51.1 Å². The molecular formula is C45H46ClFN6O6S. The maximum Gasteiger partial charge on any atom is 0.345 e. The van der Waals surface area contributed by atoms with Crippen molar-refractivity contribution in [3.8, 4) is 45.6 Å². The fourth-order valence-corrected chi connectivity index (χ4v) is 8.52. The molecule has 60 heavy (non-hydrogen) atoms. The molecule has 0 bridgehead atoms. The van der Waals surface area contributed by atoms with Gasteiger partial charge in [0.25, 0.3) is 0 Å². The van der Waals surface area contributed by atoms with Gasteiger partial charge in [-0.1, -0.05) is 42.3 Å². The summed E-state index contributed by atoms with van der Waals surface area (Å²) >= 11 is 8.27. The molecule has 2 aliphatic rings. The molecular weight excluding hydrogens is 807 g/mol. The fraction of sp³-hybridized carbons (Fsp3) is 0.356. The van der Waals surface area contributed by atoms with E-state index in [-0.39, 0.29) is 30.7 Å². The highest BCUT2D eigenvalue weighted by molar-refractivity contribution is 7.13. The second-order valence-corrected chi connectivity index (χ2v) is 16.4. The van der Waals surface area contributed by atoms with Gasteiger partial charge in [-0.3, -0.25) is 9.88 Å². The fourth-order valence-electron chi connectivity index (χ4n) is 7.61. The summed E-state index contributed by atoms with van der Waals surface area (Å²) in [5.41, 5.74) is 5.07. The predicted octanol–water partition coefficient (Wildman–Crippen LogP) is 8.47. The van der Waals surface area contributed by atoms with Crippen LogP contribution in [0.5, 0.6) is 23.1 Å². The molecule has 3 aromatic carbocycles. The van der Waals surface area contributed by atoms with E-state index in [2.05, 4.69) is 31.2 Å². The maximum absolute atomic E-state index is 14.1. The number of fused-ring (bicyclic) bond motifs is 1. The normalized spacial score (nSPS) is 15.4. The summed E-state index contributed by atoms with van der Waals surface area (Å²) in [6.45, 7) is 7.47. The summed E-state index contributed by atoms with van der Waals surface area (Å²) in [7, 11) is 3.64. The number of methoxy groups -OCH3 is 1. The van der Waals surface area contributed by atoms with Crippen LogP contribution in [0.3, 0.4) is 0 Å². The maximum atomic E-state index is 14.1. The van der Waals surface area contributed by atoms with E-state index in [4.69, 9.17) is 35.5 Å². The first kappa shape index (κ1) is 41.3. The summed E-state index contributed by atoms with van der Waals surface area (Å²) in [5, 5.41) is 11.8. The molecule has 1 aliphatic carbocycles. The zero-order valence-corrected chi connectivity index (χ0v) is 35.3. The van der Waals surface area contributed by atoms with E-state index in [1.807, 2.05) is 37.4 Å². The summed E-state index contributed by atoms with van der Waals surface area (Å²) in [6, 6.07) is 17.0. The molecule has 6 aromatic rings. The highest BCUT2D eigenvalue weighted by Gasteiger charge is 2.31. The number of rotatable bonds is 16. The first-order valence-electron chi connectivity index (χ1n) is 20.0. The van der Waals surface area contributed by atoms with Crippen LogP contribution in [0.15, 0.2) is 73.1 Å². The molecule has 15 heteroatoms. The van der Waals surface area contributed by atoms with Crippen molar-refractivity contribution in [2.24, 2.45) is 0 Å². The Morgan fingerprint density at radius 2 is 1.80 bits per heavy atom. The topological polar surface area (TPSA) is 132 Å². The van der Waals surface area contributed by atoms with Crippen LogP contribution in [0, 0.1) is 12.7 Å². The standard InChI is InChI=1S/C45H46ClFN6O6S/c1-27-32(12-14-36(41(27)46)57-22-21-53-19-17-52(2)18-20-53)39-40-38(25-49-42(39)28-8-6-9-28)60-51-44(40)59-37(45(54)55)23-29-7-4-5-10-34(29)58-26-31-15-16-48-43(50-31)33-24-30(47)11-13-35(33)56-3/h4-5,7,10-16,24-25,28,37H,6,8-9,17-23,26H2,1-3H3,(H,54,55)/t37-/m1/s1. The van der Waals surface area contributed by atoms with Crippen molar-refractivity contribution in [1.82, 2.24) is 29.1 Å². The van der Waals surface area contributed by atoms with Gasteiger partial charge in [0.05, 0.1) is 39.2 Å². The van der Waals surface area contributed by atoms with Crippen molar-refractivity contribution in [2.45, 2.75) is 51.2 Å². The Labute approximate surface area is 357 Å². The average molecular weight is 853 g/mol. The Balaban J connectivity index is 1.04. The van der Waals surface area contributed by atoms with Crippen LogP contribution in [0.4, 0.5) is 4.39 Å². The Bertz CT molecular complexity index is 2490. The lowest BCUT2D eigenvalue weighted by atomic mass is 9.79. The summed E-state index contributed by atoms with van der Waals surface area (Å²) < 4.78 is 43.8. The number of ether oxygens (including phenoxy) is 4. The first-order chi connectivity index (χ1) is 29.2. The van der Waals surface area contributed by atoms with E-state index >= 15 is 0 Å². The predicted molar refractivity (Wildman–Crippen MR) is 229 cm³/mol. The zero-order chi connectivity index (χ0) is 41.8. The summed E-state index contributed by atoms with van der Waals surface area (Å²) in [6.07, 6.45) is 5.18. The van der Waals surface area contributed by atoms with Crippen molar-refractivity contribution in [2.75, 3.05) is 53.5 Å². The number of halogens is 2. The van der Waals surface area contributed by atoms with Crippen LogP contribution in [-0.2, 0) is 17.8 Å². The van der Waals surface area contributed by atoms with E-state index in [1.165, 1.54) is 36.8 Å². The molecule has 8 rings (SSSR count). The quantitative estimate of drug-likeness (QED) is 0.100. The second kappa shape index (κ2) is 18.5. The van der Waals surface area contributed by atoms with Gasteiger partial charge in [-0.05, 0) is 91.4 Å². The molecule has 1 N–H and O–H groups in total. The number of carboxylic acids is 1. The van der Waals surface area contributed by atoms with Gasteiger partial charge in [0.1, 0.15) is 36.3 Å². The number of benzene rings is 3. The minimum absolute atomic E-state index is 0.0129. The molecule has 3 aromatic heterocycles. The van der Waals surface area contributed by atoms with Crippen molar-refractivity contribution in [1.29, 1.82) is 0 Å². The van der Waals surface area contributed by atoms with Gasteiger partial charge >= 0.3 is 5.97 Å². The van der Waals surface area contributed by atoms with E-state index in [1.54, 1.807) is 24.4 Å². The van der Waals surface area contributed by atoms with Crippen LogP contribution in [0.2, 0.25) is 5.02 Å². The van der Waals surface area contributed by atoms with Gasteiger partial charge < -0.3 is 29.0 Å². The second-order valence-electron chi connectivity index (χ2n) is 15.2. The largest absolute Gasteiger partial charge is 0.496 e. The number of likely N-dealkylation sites (N-methyl/N-ethyl adjacent to an activating group) is 1. The Morgan fingerprint density at radius 3 is 2.57 bits per heavy atom. The number of aliphatic carboxylic acids is 1. The van der Waals surface area contributed by atoms with Gasteiger partial charge in [0, 0.05) is 63.0 Å². The molecule has 312 valence electrons. The molecule has 0 unspecified atom stereocenters. The van der Waals surface area contributed by atoms with Gasteiger partial charge in [-0.25, -0.2) is 19.2 Å². The van der Waals surface area contributed by atoms with E-state index in [9.17, 15) is 14.3 Å². The number of piperazine rings is 1. The number of pyridine rings is 1. The van der Waals surface area contributed by atoms with Crippen LogP contribution in [-0.4, -0.2) is 99.8 Å². The van der Waals surface area contributed by atoms with Crippen molar-refractivity contribution >= 4 is 39.2 Å². The lowest BCUT2D eigenvalue weighted by Crippen LogP contribution is -2.45. The highest BCUT2D eigenvalue weighted by Crippen LogP contribution is 2.48. The first-order valence-corrected chi connectivity index (χ1v) is 21.2. The third-order valence-electron chi connectivity index (χ3n) is 11.3. The van der Waals surface area contributed by atoms with Crippen LogP contribution in [0.25, 0.3) is 32.6 Å². The van der Waals surface area contributed by atoms with Crippen LogP contribution < -0.4 is 18.9 Å². The number of hydrogen-bond donors (Lipinski definition) is 1. The molecule has 4 heterocycles. The lowest BCUT2D eigenvalue weighted by molar-refractivity contribution is -0.145. The highest BCUT2D eigenvalue weighted by atomic mass is 35.5. The number of carbonyl (C=O) groups is 1. The number of aromatic nitrogens is 4. The molecule has 0 radical (unpaired) electrons. The molecule has 0 amide bonds. The average Bonchev–Trinajstić information content (AvgIpc) is 3.64. The van der Waals surface area contributed by atoms with Crippen molar-refractivity contribution < 1.29 is 33.2 Å². The van der Waals surface area contributed by atoms with Crippen molar-refractivity contribution in [3.63, 3.8) is 0 Å². The monoisotopic (exact) mass is 852 g/mol. The van der Waals surface area contributed by atoms with E-state index < -0.39 is 17.9 Å². The van der Waals surface area contributed by atoms with Gasteiger partial charge in [0.15, 0.2) is 5.82 Å². The number of hydrogen-bond acceptors (Lipinski definition) is 12. The summed E-state index contributed by atoms with van der Waals surface area (Å²) in [4.78, 5) is 31.5. The number of nitrogens with zero attached hydrogens (tertiary/aromatic N) is 6. The minimum atomic E-state index is -1.31. The molecule has 12 nitrogen and oxygen atoms in total. The number of para-hydroxylation sites is 1.